The highest BCUT2D eigenvalue weighted by Gasteiger charge is 2.41. The van der Waals surface area contributed by atoms with Gasteiger partial charge in [0.15, 0.2) is 0 Å². The van der Waals surface area contributed by atoms with Gasteiger partial charge in [-0.25, -0.2) is 0 Å². The number of nitrogens with two attached hydrogens (primary N) is 1. The van der Waals surface area contributed by atoms with Crippen LogP contribution in [0.1, 0.15) is 60.3 Å². The summed E-state index contributed by atoms with van der Waals surface area (Å²) in [5.41, 5.74) is 6.36. The minimum atomic E-state index is 0.149. The molecule has 0 aromatic rings. The smallest absolute Gasteiger partial charge is 0.0593 e. The molecule has 1 saturated heterocycles. The van der Waals surface area contributed by atoms with Crippen molar-refractivity contribution in [2.45, 2.75) is 78.0 Å². The predicted molar refractivity (Wildman–Crippen MR) is 82.3 cm³/mol. The number of hydrogen-bond acceptors (Lipinski definition) is 3. The molecule has 0 aromatic heterocycles. The minimum Gasteiger partial charge on any atom is -0.378 e. The standard InChI is InChI=1S/C16H34N2O/c1-6-7-15-10-16(12-17,8-9-19-15)18(14(4)5)11-13(2)3/h13-15H,6-12,17H2,1-5H3. The average molecular weight is 270 g/mol. The molecule has 3 heteroatoms. The molecule has 0 radical (unpaired) electrons. The maximum atomic E-state index is 6.21. The van der Waals surface area contributed by atoms with Gasteiger partial charge in [0.25, 0.3) is 0 Å². The van der Waals surface area contributed by atoms with Gasteiger partial charge in [-0.2, -0.15) is 0 Å². The third-order valence-corrected chi connectivity index (χ3v) is 4.31. The lowest BCUT2D eigenvalue weighted by atomic mass is 9.82. The van der Waals surface area contributed by atoms with Crippen molar-refractivity contribution in [2.24, 2.45) is 11.7 Å². The van der Waals surface area contributed by atoms with Crippen LogP contribution >= 0.6 is 0 Å². The number of ether oxygens (including phenoxy) is 1. The van der Waals surface area contributed by atoms with Crippen molar-refractivity contribution in [3.63, 3.8) is 0 Å². The van der Waals surface area contributed by atoms with Crippen molar-refractivity contribution < 1.29 is 4.74 Å². The van der Waals surface area contributed by atoms with E-state index in [9.17, 15) is 0 Å². The van der Waals surface area contributed by atoms with Crippen LogP contribution in [-0.2, 0) is 4.74 Å². The predicted octanol–water partition coefficient (Wildman–Crippen LogP) is 3.03. The molecule has 2 unspecified atom stereocenters. The van der Waals surface area contributed by atoms with Crippen LogP contribution in [0.25, 0.3) is 0 Å². The SMILES string of the molecule is CCCC1CC(CN)(N(CC(C)C)C(C)C)CCO1. The first-order chi connectivity index (χ1) is 8.95. The highest BCUT2D eigenvalue weighted by molar-refractivity contribution is 4.97. The van der Waals surface area contributed by atoms with E-state index >= 15 is 0 Å². The third kappa shape index (κ3) is 4.44. The zero-order valence-corrected chi connectivity index (χ0v) is 13.6. The van der Waals surface area contributed by atoms with Gasteiger partial charge >= 0.3 is 0 Å². The molecule has 1 fully saturated rings. The fourth-order valence-electron chi connectivity index (χ4n) is 3.42. The Labute approximate surface area is 119 Å². The Kier molecular flexibility index (Phi) is 6.78. The van der Waals surface area contributed by atoms with Gasteiger partial charge in [-0.1, -0.05) is 27.2 Å². The second kappa shape index (κ2) is 7.61. The lowest BCUT2D eigenvalue weighted by Gasteiger charge is -2.50. The zero-order valence-electron chi connectivity index (χ0n) is 13.6. The van der Waals surface area contributed by atoms with E-state index in [4.69, 9.17) is 10.5 Å². The lowest BCUT2D eigenvalue weighted by Crippen LogP contribution is -2.61. The van der Waals surface area contributed by atoms with Crippen LogP contribution in [0.3, 0.4) is 0 Å². The summed E-state index contributed by atoms with van der Waals surface area (Å²) in [4.78, 5) is 2.64. The molecule has 1 rings (SSSR count). The van der Waals surface area contributed by atoms with E-state index in [1.165, 1.54) is 6.42 Å². The Morgan fingerprint density at radius 3 is 2.47 bits per heavy atom. The van der Waals surface area contributed by atoms with Crippen LogP contribution in [0.4, 0.5) is 0 Å². The number of rotatable bonds is 7. The summed E-state index contributed by atoms with van der Waals surface area (Å²) in [6.07, 6.45) is 4.93. The molecule has 114 valence electrons. The van der Waals surface area contributed by atoms with Gasteiger partial charge in [-0.15, -0.1) is 0 Å². The summed E-state index contributed by atoms with van der Waals surface area (Å²) < 4.78 is 5.93. The largest absolute Gasteiger partial charge is 0.378 e. The summed E-state index contributed by atoms with van der Waals surface area (Å²) >= 11 is 0. The first-order valence-corrected chi connectivity index (χ1v) is 8.03. The van der Waals surface area contributed by atoms with Gasteiger partial charge in [-0.05, 0) is 39.0 Å². The summed E-state index contributed by atoms with van der Waals surface area (Å²) in [6.45, 7) is 14.2. The normalized spacial score (nSPS) is 28.6. The molecule has 2 atom stereocenters. The first-order valence-electron chi connectivity index (χ1n) is 8.03. The molecule has 0 amide bonds. The molecule has 0 saturated carbocycles. The fourth-order valence-corrected chi connectivity index (χ4v) is 3.42. The second-order valence-corrected chi connectivity index (χ2v) is 6.80. The number of nitrogens with zero attached hydrogens (tertiary/aromatic N) is 1. The summed E-state index contributed by atoms with van der Waals surface area (Å²) in [5, 5.41) is 0. The van der Waals surface area contributed by atoms with Gasteiger partial charge < -0.3 is 10.5 Å². The van der Waals surface area contributed by atoms with E-state index in [0.717, 1.165) is 39.0 Å². The highest BCUT2D eigenvalue weighted by Crippen LogP contribution is 2.34. The zero-order chi connectivity index (χ0) is 14.5. The molecule has 2 N–H and O–H groups in total. The topological polar surface area (TPSA) is 38.5 Å². The first kappa shape index (κ1) is 16.9. The number of hydrogen-bond donors (Lipinski definition) is 1. The van der Waals surface area contributed by atoms with Gasteiger partial charge in [0.2, 0.25) is 0 Å². The molecule has 1 aliphatic rings. The van der Waals surface area contributed by atoms with Crippen LogP contribution in [0.2, 0.25) is 0 Å². The third-order valence-electron chi connectivity index (χ3n) is 4.31. The second-order valence-electron chi connectivity index (χ2n) is 6.80. The molecular formula is C16H34N2O. The van der Waals surface area contributed by atoms with Crippen molar-refractivity contribution in [1.29, 1.82) is 0 Å². The Balaban J connectivity index is 2.85. The van der Waals surface area contributed by atoms with Gasteiger partial charge in [-0.3, -0.25) is 4.90 Å². The molecule has 1 aliphatic heterocycles. The monoisotopic (exact) mass is 270 g/mol. The Morgan fingerprint density at radius 1 is 1.32 bits per heavy atom. The van der Waals surface area contributed by atoms with Crippen molar-refractivity contribution in [3.05, 3.63) is 0 Å². The van der Waals surface area contributed by atoms with Crippen molar-refractivity contribution in [2.75, 3.05) is 19.7 Å². The lowest BCUT2D eigenvalue weighted by molar-refractivity contribution is -0.0855. The van der Waals surface area contributed by atoms with Crippen molar-refractivity contribution in [3.8, 4) is 0 Å². The fraction of sp³-hybridized carbons (Fsp3) is 1.00. The molecule has 0 bridgehead atoms. The molecule has 3 nitrogen and oxygen atoms in total. The molecule has 1 heterocycles. The molecule has 0 aliphatic carbocycles. The Bertz CT molecular complexity index is 253. The minimum absolute atomic E-state index is 0.149. The van der Waals surface area contributed by atoms with Crippen LogP contribution in [0.5, 0.6) is 0 Å². The van der Waals surface area contributed by atoms with Crippen molar-refractivity contribution >= 4 is 0 Å². The van der Waals surface area contributed by atoms with Gasteiger partial charge in [0.1, 0.15) is 0 Å². The van der Waals surface area contributed by atoms with E-state index < -0.39 is 0 Å². The van der Waals surface area contributed by atoms with E-state index in [0.29, 0.717) is 18.1 Å². The van der Waals surface area contributed by atoms with Crippen molar-refractivity contribution in [1.82, 2.24) is 4.90 Å². The van der Waals surface area contributed by atoms with E-state index in [2.05, 4.69) is 39.5 Å². The van der Waals surface area contributed by atoms with E-state index in [1.807, 2.05) is 0 Å². The van der Waals surface area contributed by atoms with Gasteiger partial charge in [0, 0.05) is 31.3 Å². The van der Waals surface area contributed by atoms with E-state index in [1.54, 1.807) is 0 Å². The maximum absolute atomic E-state index is 6.21. The Morgan fingerprint density at radius 2 is 2.00 bits per heavy atom. The van der Waals surface area contributed by atoms with Crippen LogP contribution in [0, 0.1) is 5.92 Å². The molecule has 0 aromatic carbocycles. The van der Waals surface area contributed by atoms with E-state index in [-0.39, 0.29) is 5.54 Å². The van der Waals surface area contributed by atoms with Crippen LogP contribution in [0.15, 0.2) is 0 Å². The average Bonchev–Trinajstić information content (AvgIpc) is 2.36. The Hall–Kier alpha value is -0.120. The van der Waals surface area contributed by atoms with Crippen LogP contribution in [-0.4, -0.2) is 42.3 Å². The van der Waals surface area contributed by atoms with Gasteiger partial charge in [0.05, 0.1) is 6.10 Å². The molecular weight excluding hydrogens is 236 g/mol. The quantitative estimate of drug-likeness (QED) is 0.773. The van der Waals surface area contributed by atoms with Crippen LogP contribution < -0.4 is 5.73 Å². The maximum Gasteiger partial charge on any atom is 0.0593 e. The summed E-state index contributed by atoms with van der Waals surface area (Å²) in [5.74, 6) is 0.679. The summed E-state index contributed by atoms with van der Waals surface area (Å²) in [6, 6.07) is 0.548. The molecule has 19 heavy (non-hydrogen) atoms. The highest BCUT2D eigenvalue weighted by atomic mass is 16.5. The molecule has 0 spiro atoms. The summed E-state index contributed by atoms with van der Waals surface area (Å²) in [7, 11) is 0.